The average molecular weight is 295 g/mol. The van der Waals surface area contributed by atoms with E-state index in [0.29, 0.717) is 42.7 Å². The van der Waals surface area contributed by atoms with Crippen molar-refractivity contribution in [2.75, 3.05) is 12.4 Å². The number of sulfone groups is 1. The molecule has 2 aromatic rings. The maximum Gasteiger partial charge on any atom is 0.171 e. The van der Waals surface area contributed by atoms with E-state index in [2.05, 4.69) is 9.97 Å². The molecule has 0 amide bonds. The topological polar surface area (TPSA) is 85.1 Å². The van der Waals surface area contributed by atoms with E-state index in [-0.39, 0.29) is 12.4 Å². The van der Waals surface area contributed by atoms with Crippen molar-refractivity contribution < 1.29 is 13.5 Å². The van der Waals surface area contributed by atoms with E-state index >= 15 is 0 Å². The molecule has 1 saturated heterocycles. The molecule has 108 valence electrons. The van der Waals surface area contributed by atoms with E-state index in [1.807, 2.05) is 6.07 Å². The van der Waals surface area contributed by atoms with Crippen molar-refractivity contribution in [2.45, 2.75) is 31.1 Å². The first kappa shape index (κ1) is 13.5. The van der Waals surface area contributed by atoms with E-state index in [4.69, 9.17) is 5.11 Å². The summed E-state index contributed by atoms with van der Waals surface area (Å²) in [5, 5.41) is 8.43. The molecule has 1 fully saturated rings. The van der Waals surface area contributed by atoms with Gasteiger partial charge in [-0.1, -0.05) is 0 Å². The van der Waals surface area contributed by atoms with Crippen LogP contribution in [0.25, 0.3) is 11.2 Å². The number of pyridine rings is 1. The highest BCUT2D eigenvalue weighted by Crippen LogP contribution is 2.33. The molecule has 0 radical (unpaired) electrons. The average Bonchev–Trinajstić information content (AvgIpc) is 2.95. The Hall–Kier alpha value is -1.47. The van der Waals surface area contributed by atoms with Crippen LogP contribution in [0.5, 0.6) is 0 Å². The number of nitrogens with zero attached hydrogens (tertiary/aromatic N) is 3. The highest BCUT2D eigenvalue weighted by Gasteiger charge is 2.35. The van der Waals surface area contributed by atoms with Crippen molar-refractivity contribution >= 4 is 21.0 Å². The molecule has 0 aliphatic carbocycles. The second-order valence-electron chi connectivity index (χ2n) is 5.04. The van der Waals surface area contributed by atoms with Gasteiger partial charge < -0.3 is 5.11 Å². The van der Waals surface area contributed by atoms with Crippen molar-refractivity contribution in [3.8, 4) is 0 Å². The Balaban J connectivity index is 2.16. The largest absolute Gasteiger partial charge is 0.396 e. The van der Waals surface area contributed by atoms with Crippen LogP contribution in [0.2, 0.25) is 0 Å². The van der Waals surface area contributed by atoms with Gasteiger partial charge in [0, 0.05) is 19.2 Å². The van der Waals surface area contributed by atoms with Crippen LogP contribution in [0.4, 0.5) is 0 Å². The number of hydrogen-bond acceptors (Lipinski definition) is 5. The summed E-state index contributed by atoms with van der Waals surface area (Å²) in [6.45, 7) is 0.0635. The number of aliphatic hydroxyl groups is 1. The van der Waals surface area contributed by atoms with Gasteiger partial charge in [0.25, 0.3) is 0 Å². The van der Waals surface area contributed by atoms with E-state index < -0.39 is 15.2 Å². The third kappa shape index (κ3) is 2.20. The quantitative estimate of drug-likeness (QED) is 0.911. The Bertz CT molecular complexity index is 724. The minimum Gasteiger partial charge on any atom is -0.396 e. The highest BCUT2D eigenvalue weighted by atomic mass is 32.2. The van der Waals surface area contributed by atoms with Crippen molar-refractivity contribution in [2.24, 2.45) is 0 Å². The predicted molar refractivity (Wildman–Crippen MR) is 75.0 cm³/mol. The van der Waals surface area contributed by atoms with Crippen molar-refractivity contribution in [1.82, 2.24) is 14.5 Å². The van der Waals surface area contributed by atoms with Gasteiger partial charge in [0.1, 0.15) is 16.7 Å². The molecule has 1 aliphatic heterocycles. The summed E-state index contributed by atoms with van der Waals surface area (Å²) in [6.07, 6.45) is 4.06. The molecule has 3 heterocycles. The summed E-state index contributed by atoms with van der Waals surface area (Å²) in [5.41, 5.74) is 1.33. The van der Waals surface area contributed by atoms with Crippen LogP contribution in [0, 0.1) is 0 Å². The highest BCUT2D eigenvalue weighted by molar-refractivity contribution is 7.91. The molecular formula is C13H17N3O3S. The van der Waals surface area contributed by atoms with Gasteiger partial charge in [0.15, 0.2) is 15.5 Å². The zero-order chi connectivity index (χ0) is 14.2. The molecule has 0 spiro atoms. The summed E-state index contributed by atoms with van der Waals surface area (Å²) in [5.74, 6) is 0.923. The fourth-order valence-corrected chi connectivity index (χ4v) is 4.67. The molecule has 1 N–H and O–H groups in total. The summed E-state index contributed by atoms with van der Waals surface area (Å²) >= 11 is 0. The van der Waals surface area contributed by atoms with E-state index in [1.54, 1.807) is 16.8 Å². The van der Waals surface area contributed by atoms with Crippen LogP contribution in [-0.2, 0) is 16.3 Å². The number of fused-ring (bicyclic) bond motifs is 1. The van der Waals surface area contributed by atoms with Crippen molar-refractivity contribution in [3.05, 3.63) is 24.2 Å². The zero-order valence-electron chi connectivity index (χ0n) is 11.1. The standard InChI is InChI=1S/C13H17N3O3S/c17-8-2-5-11-15-10-4-1-7-14-13(10)16(11)12-6-3-9-20(12,18)19/h1,4,7,12,17H,2-3,5-6,8-9H2. The lowest BCUT2D eigenvalue weighted by molar-refractivity contribution is 0.287. The smallest absolute Gasteiger partial charge is 0.171 e. The normalized spacial score (nSPS) is 21.6. The fourth-order valence-electron chi connectivity index (χ4n) is 2.76. The Morgan fingerprint density at radius 3 is 3.00 bits per heavy atom. The van der Waals surface area contributed by atoms with Gasteiger partial charge in [-0.25, -0.2) is 18.4 Å². The first-order valence-electron chi connectivity index (χ1n) is 6.78. The van der Waals surface area contributed by atoms with Crippen LogP contribution in [0.3, 0.4) is 0 Å². The van der Waals surface area contributed by atoms with E-state index in [0.717, 1.165) is 0 Å². The van der Waals surface area contributed by atoms with Crippen molar-refractivity contribution in [1.29, 1.82) is 0 Å². The SMILES string of the molecule is O=S1(=O)CCCC1n1c(CCCO)nc2cccnc21. The molecule has 6 nitrogen and oxygen atoms in total. The van der Waals surface area contributed by atoms with E-state index in [1.165, 1.54) is 0 Å². The predicted octanol–water partition coefficient (Wildman–Crippen LogP) is 1.06. The Morgan fingerprint density at radius 1 is 1.45 bits per heavy atom. The van der Waals surface area contributed by atoms with Crippen LogP contribution in [0.15, 0.2) is 18.3 Å². The lowest BCUT2D eigenvalue weighted by Gasteiger charge is -2.15. The van der Waals surface area contributed by atoms with Gasteiger partial charge in [0.05, 0.1) is 5.75 Å². The van der Waals surface area contributed by atoms with Crippen LogP contribution in [-0.4, -0.2) is 40.4 Å². The van der Waals surface area contributed by atoms with Gasteiger partial charge in [-0.3, -0.25) is 4.57 Å². The van der Waals surface area contributed by atoms with Crippen molar-refractivity contribution in [3.63, 3.8) is 0 Å². The lowest BCUT2D eigenvalue weighted by Crippen LogP contribution is -2.18. The number of hydrogen-bond donors (Lipinski definition) is 1. The monoisotopic (exact) mass is 295 g/mol. The Labute approximate surface area is 117 Å². The summed E-state index contributed by atoms with van der Waals surface area (Å²) in [6, 6.07) is 3.63. The molecule has 1 aliphatic rings. The summed E-state index contributed by atoms with van der Waals surface area (Å²) < 4.78 is 26.2. The van der Waals surface area contributed by atoms with Crippen LogP contribution < -0.4 is 0 Å². The maximum absolute atomic E-state index is 12.2. The Morgan fingerprint density at radius 2 is 2.30 bits per heavy atom. The number of aromatic nitrogens is 3. The molecule has 0 saturated carbocycles. The van der Waals surface area contributed by atoms with Gasteiger partial charge in [-0.2, -0.15) is 0 Å². The molecule has 3 rings (SSSR count). The van der Waals surface area contributed by atoms with Gasteiger partial charge in [-0.05, 0) is 31.4 Å². The molecular weight excluding hydrogens is 278 g/mol. The molecule has 20 heavy (non-hydrogen) atoms. The first-order chi connectivity index (χ1) is 9.63. The summed E-state index contributed by atoms with van der Waals surface area (Å²) in [7, 11) is -3.13. The van der Waals surface area contributed by atoms with Crippen LogP contribution in [0.1, 0.15) is 30.5 Å². The van der Waals surface area contributed by atoms with Gasteiger partial charge in [-0.15, -0.1) is 0 Å². The van der Waals surface area contributed by atoms with Gasteiger partial charge in [0.2, 0.25) is 0 Å². The van der Waals surface area contributed by atoms with E-state index in [9.17, 15) is 8.42 Å². The maximum atomic E-state index is 12.2. The second-order valence-corrected chi connectivity index (χ2v) is 7.31. The molecule has 2 aromatic heterocycles. The Kier molecular flexibility index (Phi) is 3.47. The van der Waals surface area contributed by atoms with Crippen LogP contribution >= 0.6 is 0 Å². The zero-order valence-corrected chi connectivity index (χ0v) is 11.9. The number of aryl methyl sites for hydroxylation is 1. The molecule has 0 bridgehead atoms. The minimum atomic E-state index is -3.13. The second kappa shape index (κ2) is 5.14. The number of rotatable bonds is 4. The molecule has 1 atom stereocenters. The molecule has 1 unspecified atom stereocenters. The minimum absolute atomic E-state index is 0.0635. The first-order valence-corrected chi connectivity index (χ1v) is 8.49. The van der Waals surface area contributed by atoms with Gasteiger partial charge >= 0.3 is 0 Å². The number of aliphatic hydroxyl groups excluding tert-OH is 1. The summed E-state index contributed by atoms with van der Waals surface area (Å²) in [4.78, 5) is 8.78. The third-order valence-corrected chi connectivity index (χ3v) is 5.80. The lowest BCUT2D eigenvalue weighted by atomic mass is 10.3. The molecule has 7 heteroatoms. The molecule has 0 aromatic carbocycles. The number of imidazole rings is 1. The fraction of sp³-hybridized carbons (Fsp3) is 0.538. The third-order valence-electron chi connectivity index (χ3n) is 3.66.